The number of aromatic carboxylic acids is 1. The molecule has 0 spiro atoms. The van der Waals surface area contributed by atoms with E-state index in [4.69, 9.17) is 5.11 Å². The monoisotopic (exact) mass is 305 g/mol. The van der Waals surface area contributed by atoms with Crippen molar-refractivity contribution in [3.8, 4) is 0 Å². The van der Waals surface area contributed by atoms with Crippen LogP contribution in [0.15, 0.2) is 11.0 Å². The Hall–Kier alpha value is -0.920. The highest BCUT2D eigenvalue weighted by Crippen LogP contribution is 2.26. The summed E-state index contributed by atoms with van der Waals surface area (Å²) in [6.07, 6.45) is 2.73. The molecule has 2 N–H and O–H groups in total. The molecule has 7 heteroatoms. The van der Waals surface area contributed by atoms with Gasteiger partial charge in [0.25, 0.3) is 0 Å². The first kappa shape index (κ1) is 16.1. The third-order valence-electron chi connectivity index (χ3n) is 2.72. The van der Waals surface area contributed by atoms with Crippen molar-refractivity contribution in [3.63, 3.8) is 0 Å². The van der Waals surface area contributed by atoms with Gasteiger partial charge < -0.3 is 5.11 Å². The minimum Gasteiger partial charge on any atom is -0.477 e. The second kappa shape index (κ2) is 6.49. The zero-order valence-corrected chi connectivity index (χ0v) is 12.9. The van der Waals surface area contributed by atoms with Gasteiger partial charge in [0.1, 0.15) is 4.88 Å². The molecule has 1 heterocycles. The van der Waals surface area contributed by atoms with Gasteiger partial charge in [0.2, 0.25) is 10.0 Å². The van der Waals surface area contributed by atoms with Gasteiger partial charge in [-0.25, -0.2) is 17.9 Å². The van der Waals surface area contributed by atoms with E-state index in [1.54, 1.807) is 6.92 Å². The van der Waals surface area contributed by atoms with E-state index in [9.17, 15) is 13.2 Å². The Morgan fingerprint density at radius 3 is 2.63 bits per heavy atom. The number of thiophene rings is 1. The summed E-state index contributed by atoms with van der Waals surface area (Å²) in [4.78, 5) is 11.5. The molecule has 5 nitrogen and oxygen atoms in total. The van der Waals surface area contributed by atoms with Crippen LogP contribution in [0, 0.1) is 6.92 Å². The van der Waals surface area contributed by atoms with Crippen LogP contribution in [0.3, 0.4) is 0 Å². The van der Waals surface area contributed by atoms with Gasteiger partial charge in [-0.3, -0.25) is 0 Å². The molecular formula is C12H19NO4S2. The first-order valence-corrected chi connectivity index (χ1v) is 8.44. The highest BCUT2D eigenvalue weighted by atomic mass is 32.2. The van der Waals surface area contributed by atoms with Crippen LogP contribution >= 0.6 is 11.3 Å². The fourth-order valence-electron chi connectivity index (χ4n) is 1.74. The molecule has 0 radical (unpaired) electrons. The maximum atomic E-state index is 12.2. The first-order chi connectivity index (χ1) is 8.77. The van der Waals surface area contributed by atoms with Crippen LogP contribution in [0.4, 0.5) is 0 Å². The summed E-state index contributed by atoms with van der Waals surface area (Å²) in [5.41, 5.74) is 0. The Morgan fingerprint density at radius 2 is 2.16 bits per heavy atom. The summed E-state index contributed by atoms with van der Waals surface area (Å²) < 4.78 is 26.9. The van der Waals surface area contributed by atoms with E-state index in [0.29, 0.717) is 4.88 Å². The number of hydrogen-bond acceptors (Lipinski definition) is 4. The summed E-state index contributed by atoms with van der Waals surface area (Å²) in [7, 11) is -3.64. The van der Waals surface area contributed by atoms with E-state index >= 15 is 0 Å². The van der Waals surface area contributed by atoms with Crippen molar-refractivity contribution in [2.24, 2.45) is 0 Å². The quantitative estimate of drug-likeness (QED) is 0.811. The van der Waals surface area contributed by atoms with E-state index in [2.05, 4.69) is 4.72 Å². The van der Waals surface area contributed by atoms with Gasteiger partial charge in [-0.1, -0.05) is 19.8 Å². The van der Waals surface area contributed by atoms with Crippen molar-refractivity contribution in [2.75, 3.05) is 0 Å². The number of nitrogens with one attached hydrogen (secondary N) is 1. The number of aryl methyl sites for hydroxylation is 1. The second-order valence-electron chi connectivity index (χ2n) is 4.50. The van der Waals surface area contributed by atoms with Crippen molar-refractivity contribution in [1.29, 1.82) is 0 Å². The number of unbranched alkanes of at least 4 members (excludes halogenated alkanes) is 1. The Morgan fingerprint density at radius 1 is 1.53 bits per heavy atom. The Bertz CT molecular complexity index is 548. The Labute approximate surface area is 117 Å². The molecular weight excluding hydrogens is 286 g/mol. The average Bonchev–Trinajstić information content (AvgIpc) is 2.69. The number of carbonyl (C=O) groups is 1. The van der Waals surface area contributed by atoms with Gasteiger partial charge >= 0.3 is 5.97 Å². The molecule has 0 saturated carbocycles. The van der Waals surface area contributed by atoms with E-state index in [1.165, 1.54) is 6.07 Å². The molecule has 1 aromatic heterocycles. The van der Waals surface area contributed by atoms with E-state index in [0.717, 1.165) is 30.6 Å². The van der Waals surface area contributed by atoms with Gasteiger partial charge in [-0.05, 0) is 26.3 Å². The summed E-state index contributed by atoms with van der Waals surface area (Å²) in [6, 6.07) is 1.06. The minimum absolute atomic E-state index is 0.0408. The lowest BCUT2D eigenvalue weighted by Gasteiger charge is -2.13. The van der Waals surface area contributed by atoms with Crippen molar-refractivity contribution in [1.82, 2.24) is 4.72 Å². The summed E-state index contributed by atoms with van der Waals surface area (Å²) in [6.45, 7) is 5.47. The lowest BCUT2D eigenvalue weighted by molar-refractivity contribution is 0.0702. The lowest BCUT2D eigenvalue weighted by atomic mass is 10.2. The maximum Gasteiger partial charge on any atom is 0.345 e. The zero-order chi connectivity index (χ0) is 14.6. The highest BCUT2D eigenvalue weighted by molar-refractivity contribution is 7.89. The normalized spacial score (nSPS) is 13.4. The van der Waals surface area contributed by atoms with Crippen LogP contribution in [0.5, 0.6) is 0 Å². The average molecular weight is 305 g/mol. The highest BCUT2D eigenvalue weighted by Gasteiger charge is 2.23. The molecule has 0 fully saturated rings. The molecule has 1 aromatic rings. The number of rotatable bonds is 7. The zero-order valence-electron chi connectivity index (χ0n) is 11.3. The van der Waals surface area contributed by atoms with Gasteiger partial charge in [0, 0.05) is 10.9 Å². The first-order valence-electron chi connectivity index (χ1n) is 6.14. The van der Waals surface area contributed by atoms with Gasteiger partial charge in [-0.2, -0.15) is 0 Å². The Kier molecular flexibility index (Phi) is 5.51. The molecule has 1 rings (SSSR count). The largest absolute Gasteiger partial charge is 0.477 e. The molecule has 108 valence electrons. The van der Waals surface area contributed by atoms with Crippen LogP contribution in [-0.4, -0.2) is 25.5 Å². The molecule has 0 aromatic carbocycles. The molecule has 0 aliphatic heterocycles. The molecule has 0 saturated heterocycles. The second-order valence-corrected chi connectivity index (χ2v) is 7.44. The van der Waals surface area contributed by atoms with Crippen molar-refractivity contribution in [2.45, 2.75) is 51.0 Å². The standard InChI is InChI=1S/C12H19NO4S2/c1-4-5-6-8(2)13-19(16,17)11-7-10(12(14)15)18-9(11)3/h7-8,13H,4-6H2,1-3H3,(H,14,15). The van der Waals surface area contributed by atoms with Gasteiger partial charge in [0.15, 0.2) is 0 Å². The predicted molar refractivity (Wildman–Crippen MR) is 75.3 cm³/mol. The van der Waals surface area contributed by atoms with Crippen molar-refractivity contribution in [3.05, 3.63) is 15.8 Å². The molecule has 1 unspecified atom stereocenters. The van der Waals surface area contributed by atoms with Gasteiger partial charge in [-0.15, -0.1) is 11.3 Å². The Balaban J connectivity index is 2.91. The van der Waals surface area contributed by atoms with E-state index < -0.39 is 16.0 Å². The van der Waals surface area contributed by atoms with E-state index in [1.807, 2.05) is 13.8 Å². The smallest absolute Gasteiger partial charge is 0.345 e. The molecule has 0 bridgehead atoms. The van der Waals surface area contributed by atoms with Crippen LogP contribution in [0.2, 0.25) is 0 Å². The fraction of sp³-hybridized carbons (Fsp3) is 0.583. The summed E-state index contributed by atoms with van der Waals surface area (Å²) in [5.74, 6) is -1.10. The van der Waals surface area contributed by atoms with Gasteiger partial charge in [0.05, 0.1) is 4.90 Å². The molecule has 19 heavy (non-hydrogen) atoms. The molecule has 0 aliphatic rings. The number of sulfonamides is 1. The van der Waals surface area contributed by atoms with Crippen LogP contribution in [-0.2, 0) is 10.0 Å². The number of hydrogen-bond donors (Lipinski definition) is 2. The maximum absolute atomic E-state index is 12.2. The van der Waals surface area contributed by atoms with Crippen molar-refractivity contribution < 1.29 is 18.3 Å². The third-order valence-corrected chi connectivity index (χ3v) is 5.60. The van der Waals surface area contributed by atoms with Crippen LogP contribution < -0.4 is 4.72 Å². The number of carboxylic acids is 1. The molecule has 0 amide bonds. The topological polar surface area (TPSA) is 83.5 Å². The molecule has 0 aliphatic carbocycles. The molecule has 1 atom stereocenters. The third kappa shape index (κ3) is 4.29. The predicted octanol–water partition coefficient (Wildman–Crippen LogP) is 2.61. The van der Waals surface area contributed by atoms with Crippen LogP contribution in [0.25, 0.3) is 0 Å². The van der Waals surface area contributed by atoms with E-state index in [-0.39, 0.29) is 15.8 Å². The summed E-state index contributed by atoms with van der Waals surface area (Å²) >= 11 is 0.976. The lowest BCUT2D eigenvalue weighted by Crippen LogP contribution is -2.32. The van der Waals surface area contributed by atoms with Crippen LogP contribution in [0.1, 0.15) is 47.7 Å². The van der Waals surface area contributed by atoms with Crippen molar-refractivity contribution >= 4 is 27.3 Å². The fourth-order valence-corrected chi connectivity index (χ4v) is 4.44. The minimum atomic E-state index is -3.64. The SMILES string of the molecule is CCCCC(C)NS(=O)(=O)c1cc(C(=O)O)sc1C. The summed E-state index contributed by atoms with van der Waals surface area (Å²) in [5, 5.41) is 8.88. The number of carboxylic acid groups (broad SMARTS) is 1.